The van der Waals surface area contributed by atoms with Gasteiger partial charge in [0.05, 0.1) is 5.69 Å². The van der Waals surface area contributed by atoms with E-state index >= 15 is 0 Å². The van der Waals surface area contributed by atoms with Gasteiger partial charge in [0.15, 0.2) is 0 Å². The topological polar surface area (TPSA) is 6.48 Å². The molecule has 10 rings (SSSR count). The molecular formula is C49H36N2. The number of nitrogens with zero attached hydrogens (tertiary/aromatic N) is 2. The van der Waals surface area contributed by atoms with E-state index in [1.165, 1.54) is 65.9 Å². The molecule has 51 heavy (non-hydrogen) atoms. The lowest BCUT2D eigenvalue weighted by molar-refractivity contribution is 0.661. The molecule has 9 aromatic rings. The SMILES string of the molecule is CC1(C)c2cc(N(c3ccccc3)c3ccccc3)ccc2-c2c1cc1ccc3c(N(c4ccccc4)c4ccccc4)ccc4ccc2c1c43. The van der Waals surface area contributed by atoms with Gasteiger partial charge in [0, 0.05) is 39.2 Å². The fourth-order valence-corrected chi connectivity index (χ4v) is 8.57. The first kappa shape index (κ1) is 29.5. The van der Waals surface area contributed by atoms with Crippen molar-refractivity contribution in [3.8, 4) is 11.1 Å². The van der Waals surface area contributed by atoms with E-state index in [4.69, 9.17) is 0 Å². The van der Waals surface area contributed by atoms with Crippen molar-refractivity contribution in [3.05, 3.63) is 193 Å². The van der Waals surface area contributed by atoms with Crippen molar-refractivity contribution < 1.29 is 0 Å². The molecule has 9 aromatic carbocycles. The summed E-state index contributed by atoms with van der Waals surface area (Å²) in [7, 11) is 0. The zero-order chi connectivity index (χ0) is 34.1. The van der Waals surface area contributed by atoms with Gasteiger partial charge in [-0.05, 0) is 122 Å². The second-order valence-corrected chi connectivity index (χ2v) is 14.2. The Balaban J connectivity index is 1.20. The first-order valence-electron chi connectivity index (χ1n) is 17.8. The molecule has 0 heterocycles. The number of fused-ring (bicyclic) bond motifs is 4. The predicted molar refractivity (Wildman–Crippen MR) is 217 cm³/mol. The van der Waals surface area contributed by atoms with Gasteiger partial charge in [0.2, 0.25) is 0 Å². The summed E-state index contributed by atoms with van der Waals surface area (Å²) in [4.78, 5) is 4.76. The van der Waals surface area contributed by atoms with Gasteiger partial charge in [-0.2, -0.15) is 0 Å². The van der Waals surface area contributed by atoms with E-state index in [-0.39, 0.29) is 5.41 Å². The van der Waals surface area contributed by atoms with Crippen molar-refractivity contribution >= 4 is 66.4 Å². The number of hydrogen-bond acceptors (Lipinski definition) is 2. The van der Waals surface area contributed by atoms with Gasteiger partial charge in [0.1, 0.15) is 0 Å². The summed E-state index contributed by atoms with van der Waals surface area (Å²) in [5, 5.41) is 7.81. The Morgan fingerprint density at radius 2 is 0.863 bits per heavy atom. The minimum atomic E-state index is -0.174. The molecule has 0 unspecified atom stereocenters. The largest absolute Gasteiger partial charge is 0.310 e. The standard InChI is InChI=1S/C49H36N2/c1-49(2)43-32-39(50(35-15-7-3-8-16-35)36-17-9-4-10-18-36)26-29-40(43)48-42-28-23-33-25-30-45(41-27-24-34(31-44(48)49)47(42)46(33)41)51(37-19-11-5-12-20-37)38-21-13-6-14-22-38/h3-32H,1-2H3. The lowest BCUT2D eigenvalue weighted by atomic mass is 9.80. The minimum absolute atomic E-state index is 0.174. The molecule has 0 fully saturated rings. The van der Waals surface area contributed by atoms with Crippen molar-refractivity contribution in [2.24, 2.45) is 0 Å². The maximum absolute atomic E-state index is 2.47. The normalized spacial score (nSPS) is 13.1. The van der Waals surface area contributed by atoms with Gasteiger partial charge < -0.3 is 9.80 Å². The van der Waals surface area contributed by atoms with Gasteiger partial charge in [-0.15, -0.1) is 0 Å². The van der Waals surface area contributed by atoms with Gasteiger partial charge in [0.25, 0.3) is 0 Å². The Labute approximate surface area is 298 Å². The molecular weight excluding hydrogens is 617 g/mol. The van der Waals surface area contributed by atoms with E-state index in [1.807, 2.05) is 0 Å². The fourth-order valence-electron chi connectivity index (χ4n) is 8.57. The molecule has 242 valence electrons. The van der Waals surface area contributed by atoms with Crippen LogP contribution in [0, 0.1) is 0 Å². The Kier molecular flexibility index (Phi) is 6.56. The van der Waals surface area contributed by atoms with Gasteiger partial charge in [-0.1, -0.05) is 123 Å². The van der Waals surface area contributed by atoms with Gasteiger partial charge in [-0.25, -0.2) is 0 Å². The summed E-state index contributed by atoms with van der Waals surface area (Å²) >= 11 is 0. The summed E-state index contributed by atoms with van der Waals surface area (Å²) in [5.41, 5.74) is 12.2. The number of benzene rings is 9. The summed E-state index contributed by atoms with van der Waals surface area (Å²) in [6.07, 6.45) is 0. The molecule has 0 atom stereocenters. The predicted octanol–water partition coefficient (Wildman–Crippen LogP) is 13.8. The zero-order valence-electron chi connectivity index (χ0n) is 28.7. The molecule has 0 N–H and O–H groups in total. The van der Waals surface area contributed by atoms with Gasteiger partial charge >= 0.3 is 0 Å². The van der Waals surface area contributed by atoms with E-state index in [2.05, 4.69) is 206 Å². The number of hydrogen-bond donors (Lipinski definition) is 0. The highest BCUT2D eigenvalue weighted by atomic mass is 15.1. The van der Waals surface area contributed by atoms with Crippen LogP contribution in [0.25, 0.3) is 43.4 Å². The third-order valence-electron chi connectivity index (χ3n) is 10.9. The number of anilines is 6. The first-order chi connectivity index (χ1) is 25.1. The molecule has 0 radical (unpaired) electrons. The van der Waals surface area contributed by atoms with Crippen molar-refractivity contribution in [2.45, 2.75) is 19.3 Å². The van der Waals surface area contributed by atoms with E-state index in [1.54, 1.807) is 0 Å². The van der Waals surface area contributed by atoms with E-state index in [9.17, 15) is 0 Å². The van der Waals surface area contributed by atoms with Crippen LogP contribution < -0.4 is 9.80 Å². The number of para-hydroxylation sites is 4. The van der Waals surface area contributed by atoms with Crippen molar-refractivity contribution in [1.82, 2.24) is 0 Å². The summed E-state index contributed by atoms with van der Waals surface area (Å²) in [6, 6.07) is 66.4. The molecule has 2 nitrogen and oxygen atoms in total. The van der Waals surface area contributed by atoms with E-state index in [0.29, 0.717) is 0 Å². The summed E-state index contributed by atoms with van der Waals surface area (Å²) < 4.78 is 0. The zero-order valence-corrected chi connectivity index (χ0v) is 28.7. The van der Waals surface area contributed by atoms with E-state index in [0.717, 1.165) is 22.7 Å². The smallest absolute Gasteiger partial charge is 0.0540 e. The van der Waals surface area contributed by atoms with Crippen LogP contribution >= 0.6 is 0 Å². The molecule has 0 bridgehead atoms. The van der Waals surface area contributed by atoms with Crippen molar-refractivity contribution in [3.63, 3.8) is 0 Å². The highest BCUT2D eigenvalue weighted by Gasteiger charge is 2.38. The maximum Gasteiger partial charge on any atom is 0.0540 e. The Morgan fingerprint density at radius 3 is 1.45 bits per heavy atom. The first-order valence-corrected chi connectivity index (χ1v) is 17.8. The van der Waals surface area contributed by atoms with Crippen LogP contribution in [0.2, 0.25) is 0 Å². The maximum atomic E-state index is 2.47. The average molecular weight is 653 g/mol. The molecule has 0 saturated carbocycles. The van der Waals surface area contributed by atoms with Crippen LogP contribution in [0.1, 0.15) is 25.0 Å². The average Bonchev–Trinajstić information content (AvgIpc) is 3.41. The Hall–Kier alpha value is -6.38. The Morgan fingerprint density at radius 1 is 0.373 bits per heavy atom. The molecule has 1 aliphatic rings. The minimum Gasteiger partial charge on any atom is -0.310 e. The molecule has 0 aliphatic heterocycles. The molecule has 0 aromatic heterocycles. The second-order valence-electron chi connectivity index (χ2n) is 14.2. The summed E-state index contributed by atoms with van der Waals surface area (Å²) in [6.45, 7) is 4.79. The fraction of sp³-hybridized carbons (Fsp3) is 0.0612. The van der Waals surface area contributed by atoms with Crippen molar-refractivity contribution in [1.29, 1.82) is 0 Å². The molecule has 1 aliphatic carbocycles. The van der Waals surface area contributed by atoms with Crippen LogP contribution in [0.5, 0.6) is 0 Å². The highest BCUT2D eigenvalue weighted by molar-refractivity contribution is 6.28. The van der Waals surface area contributed by atoms with Crippen LogP contribution in [0.4, 0.5) is 34.1 Å². The lowest BCUT2D eigenvalue weighted by Crippen LogP contribution is -2.16. The molecule has 0 spiro atoms. The summed E-state index contributed by atoms with van der Waals surface area (Å²) in [5.74, 6) is 0. The van der Waals surface area contributed by atoms with Crippen LogP contribution in [-0.4, -0.2) is 0 Å². The van der Waals surface area contributed by atoms with E-state index < -0.39 is 0 Å². The second kappa shape index (κ2) is 11.3. The van der Waals surface area contributed by atoms with Gasteiger partial charge in [-0.3, -0.25) is 0 Å². The molecule has 0 amide bonds. The lowest BCUT2D eigenvalue weighted by Gasteiger charge is -2.28. The van der Waals surface area contributed by atoms with Crippen LogP contribution in [-0.2, 0) is 5.41 Å². The Bertz CT molecular complexity index is 2620. The quantitative estimate of drug-likeness (QED) is 0.165. The van der Waals surface area contributed by atoms with Crippen LogP contribution in [0.3, 0.4) is 0 Å². The monoisotopic (exact) mass is 652 g/mol. The molecule has 2 heteroatoms. The van der Waals surface area contributed by atoms with Crippen molar-refractivity contribution in [2.75, 3.05) is 9.80 Å². The third-order valence-corrected chi connectivity index (χ3v) is 10.9. The molecule has 0 saturated heterocycles. The van der Waals surface area contributed by atoms with Crippen LogP contribution in [0.15, 0.2) is 182 Å². The third kappa shape index (κ3) is 4.50. The highest BCUT2D eigenvalue weighted by Crippen LogP contribution is 2.55. The number of rotatable bonds is 6.